The maximum Gasteiger partial charge on any atom is 0.257 e. The first-order valence-electron chi connectivity index (χ1n) is 8.31. The number of benzene rings is 1. The Labute approximate surface area is 150 Å². The summed E-state index contributed by atoms with van der Waals surface area (Å²) in [7, 11) is 1.65. The molecular weight excluding hydrogens is 332 g/mol. The number of aromatic amines is 1. The fraction of sp³-hybridized carbons (Fsp3) is 0.278. The lowest BCUT2D eigenvalue weighted by atomic mass is 10.0. The van der Waals surface area contributed by atoms with Crippen LogP contribution in [-0.2, 0) is 4.74 Å². The number of aromatic nitrogens is 5. The van der Waals surface area contributed by atoms with Crippen LogP contribution < -0.4 is 0 Å². The van der Waals surface area contributed by atoms with Crippen LogP contribution in [0.1, 0.15) is 22.0 Å². The van der Waals surface area contributed by atoms with Gasteiger partial charge in [0.15, 0.2) is 0 Å². The second kappa shape index (κ2) is 7.01. The molecule has 132 valence electrons. The minimum Gasteiger partial charge on any atom is -0.379 e. The van der Waals surface area contributed by atoms with Gasteiger partial charge in [-0.3, -0.25) is 4.79 Å². The Morgan fingerprint density at radius 2 is 2.08 bits per heavy atom. The number of H-pyrrole nitrogens is 1. The minimum atomic E-state index is -0.131. The van der Waals surface area contributed by atoms with Crippen molar-refractivity contribution in [3.05, 3.63) is 60.3 Å². The zero-order valence-corrected chi connectivity index (χ0v) is 14.2. The van der Waals surface area contributed by atoms with Crippen LogP contribution in [0.25, 0.3) is 11.3 Å². The van der Waals surface area contributed by atoms with Gasteiger partial charge in [-0.1, -0.05) is 30.3 Å². The summed E-state index contributed by atoms with van der Waals surface area (Å²) in [5, 5.41) is 10.6. The lowest BCUT2D eigenvalue weighted by molar-refractivity contribution is 0.0714. The van der Waals surface area contributed by atoms with E-state index in [1.165, 1.54) is 6.33 Å². The summed E-state index contributed by atoms with van der Waals surface area (Å²) >= 11 is 0. The van der Waals surface area contributed by atoms with Gasteiger partial charge in [0.2, 0.25) is 0 Å². The van der Waals surface area contributed by atoms with Crippen molar-refractivity contribution in [1.82, 2.24) is 30.3 Å². The van der Waals surface area contributed by atoms with Gasteiger partial charge < -0.3 is 9.64 Å². The van der Waals surface area contributed by atoms with E-state index in [1.807, 2.05) is 30.3 Å². The molecule has 3 heterocycles. The van der Waals surface area contributed by atoms with Crippen molar-refractivity contribution in [2.24, 2.45) is 0 Å². The van der Waals surface area contributed by atoms with Gasteiger partial charge in [-0.15, -0.1) is 0 Å². The quantitative estimate of drug-likeness (QED) is 0.766. The van der Waals surface area contributed by atoms with Gasteiger partial charge in [0, 0.05) is 32.0 Å². The van der Waals surface area contributed by atoms with Crippen molar-refractivity contribution in [1.29, 1.82) is 0 Å². The molecule has 1 saturated heterocycles. The third-order valence-corrected chi connectivity index (χ3v) is 4.66. The zero-order chi connectivity index (χ0) is 17.9. The lowest BCUT2D eigenvalue weighted by Gasteiger charge is -2.17. The highest BCUT2D eigenvalue weighted by Crippen LogP contribution is 2.30. The Kier molecular flexibility index (Phi) is 4.40. The molecule has 8 nitrogen and oxygen atoms in total. The van der Waals surface area contributed by atoms with Crippen molar-refractivity contribution in [2.75, 3.05) is 20.2 Å². The number of amides is 1. The first-order chi connectivity index (χ1) is 12.8. The van der Waals surface area contributed by atoms with E-state index < -0.39 is 0 Å². The number of methoxy groups -OCH3 is 1. The fourth-order valence-corrected chi connectivity index (χ4v) is 3.33. The van der Waals surface area contributed by atoms with E-state index in [4.69, 9.17) is 4.74 Å². The summed E-state index contributed by atoms with van der Waals surface area (Å²) in [6.45, 7) is 0.989. The van der Waals surface area contributed by atoms with Gasteiger partial charge in [-0.2, -0.15) is 15.4 Å². The van der Waals surface area contributed by atoms with E-state index in [9.17, 15) is 4.79 Å². The summed E-state index contributed by atoms with van der Waals surface area (Å²) < 4.78 is 5.57. The number of hydrogen-bond acceptors (Lipinski definition) is 6. The van der Waals surface area contributed by atoms with Crippen molar-refractivity contribution >= 4 is 5.91 Å². The number of carbonyl (C=O) groups is 1. The highest BCUT2D eigenvalue weighted by Gasteiger charge is 2.38. The average Bonchev–Trinajstić information content (AvgIpc) is 3.37. The van der Waals surface area contributed by atoms with E-state index in [-0.39, 0.29) is 17.9 Å². The van der Waals surface area contributed by atoms with Crippen LogP contribution in [0.15, 0.2) is 49.1 Å². The Morgan fingerprint density at radius 3 is 2.81 bits per heavy atom. The van der Waals surface area contributed by atoms with Crippen LogP contribution in [-0.4, -0.2) is 62.5 Å². The Bertz CT molecular complexity index is 884. The summed E-state index contributed by atoms with van der Waals surface area (Å²) in [6.07, 6.45) is 4.57. The molecule has 0 unspecified atom stereocenters. The fourth-order valence-electron chi connectivity index (χ4n) is 3.33. The van der Waals surface area contributed by atoms with E-state index in [0.29, 0.717) is 24.3 Å². The molecule has 2 aromatic heterocycles. The van der Waals surface area contributed by atoms with Crippen molar-refractivity contribution in [2.45, 2.75) is 12.0 Å². The molecule has 26 heavy (non-hydrogen) atoms. The van der Waals surface area contributed by atoms with E-state index in [1.54, 1.807) is 24.4 Å². The molecule has 2 atom stereocenters. The second-order valence-corrected chi connectivity index (χ2v) is 6.14. The SMILES string of the molecule is CO[C@@H]1CN(C(=O)c2cncnc2-c2ccccc2)C[C@H]1c1cn[nH]n1. The molecule has 8 heteroatoms. The Hall–Kier alpha value is -3.13. The maximum absolute atomic E-state index is 13.2. The molecule has 1 amide bonds. The summed E-state index contributed by atoms with van der Waals surface area (Å²) in [5.41, 5.74) is 2.78. The monoisotopic (exact) mass is 350 g/mol. The molecule has 1 aromatic carbocycles. The summed E-state index contributed by atoms with van der Waals surface area (Å²) in [6, 6.07) is 9.63. The number of nitrogens with one attached hydrogen (secondary N) is 1. The topological polar surface area (TPSA) is 96.9 Å². The first-order valence-corrected chi connectivity index (χ1v) is 8.31. The molecule has 0 bridgehead atoms. The van der Waals surface area contributed by atoms with Crippen LogP contribution >= 0.6 is 0 Å². The average molecular weight is 350 g/mol. The van der Waals surface area contributed by atoms with E-state index in [0.717, 1.165) is 11.3 Å². The Balaban J connectivity index is 1.63. The van der Waals surface area contributed by atoms with E-state index >= 15 is 0 Å². The third-order valence-electron chi connectivity index (χ3n) is 4.66. The van der Waals surface area contributed by atoms with Gasteiger partial charge in [0.1, 0.15) is 6.33 Å². The molecular formula is C18H18N6O2. The summed E-state index contributed by atoms with van der Waals surface area (Å²) in [4.78, 5) is 23.3. The van der Waals surface area contributed by atoms with Crippen LogP contribution in [0.5, 0.6) is 0 Å². The molecule has 0 saturated carbocycles. The normalized spacial score (nSPS) is 19.7. The van der Waals surface area contributed by atoms with Gasteiger partial charge in [-0.25, -0.2) is 9.97 Å². The number of nitrogens with zero attached hydrogens (tertiary/aromatic N) is 5. The van der Waals surface area contributed by atoms with E-state index in [2.05, 4.69) is 25.4 Å². The third kappa shape index (κ3) is 2.95. The van der Waals surface area contributed by atoms with Crippen molar-refractivity contribution < 1.29 is 9.53 Å². The van der Waals surface area contributed by atoms with Gasteiger partial charge >= 0.3 is 0 Å². The molecule has 1 N–H and O–H groups in total. The van der Waals surface area contributed by atoms with Gasteiger partial charge in [0.25, 0.3) is 5.91 Å². The number of likely N-dealkylation sites (tertiary alicyclic amines) is 1. The van der Waals surface area contributed by atoms with Crippen molar-refractivity contribution in [3.8, 4) is 11.3 Å². The number of rotatable bonds is 4. The molecule has 0 aliphatic carbocycles. The highest BCUT2D eigenvalue weighted by atomic mass is 16.5. The maximum atomic E-state index is 13.2. The second-order valence-electron chi connectivity index (χ2n) is 6.14. The zero-order valence-electron chi connectivity index (χ0n) is 14.2. The molecule has 3 aromatic rings. The Morgan fingerprint density at radius 1 is 1.23 bits per heavy atom. The van der Waals surface area contributed by atoms with Crippen LogP contribution in [0.4, 0.5) is 0 Å². The van der Waals surface area contributed by atoms with Crippen LogP contribution in [0.2, 0.25) is 0 Å². The van der Waals surface area contributed by atoms with Crippen LogP contribution in [0, 0.1) is 0 Å². The first kappa shape index (κ1) is 16.3. The number of hydrogen-bond donors (Lipinski definition) is 1. The highest BCUT2D eigenvalue weighted by molar-refractivity contribution is 5.99. The molecule has 1 aliphatic heterocycles. The number of ether oxygens (including phenoxy) is 1. The summed E-state index contributed by atoms with van der Waals surface area (Å²) in [5.74, 6) is -0.134. The smallest absolute Gasteiger partial charge is 0.257 e. The predicted molar refractivity (Wildman–Crippen MR) is 93.3 cm³/mol. The molecule has 4 rings (SSSR count). The molecule has 1 fully saturated rings. The largest absolute Gasteiger partial charge is 0.379 e. The molecule has 0 radical (unpaired) electrons. The predicted octanol–water partition coefficient (Wildman–Crippen LogP) is 1.52. The van der Waals surface area contributed by atoms with Crippen LogP contribution in [0.3, 0.4) is 0 Å². The van der Waals surface area contributed by atoms with Crippen molar-refractivity contribution in [3.63, 3.8) is 0 Å². The van der Waals surface area contributed by atoms with Gasteiger partial charge in [-0.05, 0) is 0 Å². The molecule has 1 aliphatic rings. The molecule has 0 spiro atoms. The van der Waals surface area contributed by atoms with Gasteiger partial charge in [0.05, 0.1) is 35.2 Å². The lowest BCUT2D eigenvalue weighted by Crippen LogP contribution is -2.30. The standard InChI is InChI=1S/C18H18N6O2/c1-26-16-10-24(9-14(16)15-8-21-23-22-15)18(25)13-7-19-11-20-17(13)12-5-3-2-4-6-12/h2-8,11,14,16H,9-10H2,1H3,(H,21,22,23)/t14-,16+/m0/s1. The number of carbonyl (C=O) groups excluding carboxylic acids is 1. The minimum absolute atomic E-state index is 0.0208.